The van der Waals surface area contributed by atoms with Gasteiger partial charge < -0.3 is 11.1 Å². The standard InChI is InChI=1S/C14H10Cl2F2N2O/c15-10-3-8(4-12(19)13(10)16)14(21)20-6-7-1-2-9(17)5-11(7)18/h1-5H,6,19H2,(H,20,21). The minimum atomic E-state index is -0.732. The summed E-state index contributed by atoms with van der Waals surface area (Å²) in [4.78, 5) is 11.9. The quantitative estimate of drug-likeness (QED) is 0.841. The third-order valence-electron chi connectivity index (χ3n) is 2.77. The van der Waals surface area contributed by atoms with Crippen LogP contribution in [0.3, 0.4) is 0 Å². The molecule has 2 rings (SSSR count). The van der Waals surface area contributed by atoms with Crippen LogP contribution < -0.4 is 11.1 Å². The summed E-state index contributed by atoms with van der Waals surface area (Å²) in [5.74, 6) is -1.91. The third kappa shape index (κ3) is 3.62. The molecule has 2 aromatic carbocycles. The molecule has 2 aromatic rings. The van der Waals surface area contributed by atoms with E-state index >= 15 is 0 Å². The Bertz CT molecular complexity index is 684. The molecule has 110 valence electrons. The maximum atomic E-state index is 13.4. The Hall–Kier alpha value is -1.85. The number of hydrogen-bond acceptors (Lipinski definition) is 2. The summed E-state index contributed by atoms with van der Waals surface area (Å²) < 4.78 is 26.2. The van der Waals surface area contributed by atoms with E-state index in [0.29, 0.717) is 0 Å². The molecular weight excluding hydrogens is 321 g/mol. The third-order valence-corrected chi connectivity index (χ3v) is 3.59. The van der Waals surface area contributed by atoms with Gasteiger partial charge in [0, 0.05) is 23.7 Å². The number of carbonyl (C=O) groups excluding carboxylic acids is 1. The fourth-order valence-corrected chi connectivity index (χ4v) is 2.02. The van der Waals surface area contributed by atoms with Crippen molar-refractivity contribution in [3.63, 3.8) is 0 Å². The first-order valence-electron chi connectivity index (χ1n) is 5.85. The van der Waals surface area contributed by atoms with Crippen LogP contribution in [0.15, 0.2) is 30.3 Å². The Labute approximate surface area is 129 Å². The largest absolute Gasteiger partial charge is 0.397 e. The van der Waals surface area contributed by atoms with Gasteiger partial charge in [0.2, 0.25) is 0 Å². The highest BCUT2D eigenvalue weighted by Crippen LogP contribution is 2.29. The molecular formula is C14H10Cl2F2N2O. The lowest BCUT2D eigenvalue weighted by Crippen LogP contribution is -2.23. The van der Waals surface area contributed by atoms with Crippen molar-refractivity contribution in [1.82, 2.24) is 5.32 Å². The van der Waals surface area contributed by atoms with Crippen LogP contribution in [0.5, 0.6) is 0 Å². The average Bonchev–Trinajstić information content (AvgIpc) is 2.43. The fourth-order valence-electron chi connectivity index (χ4n) is 1.68. The highest BCUT2D eigenvalue weighted by molar-refractivity contribution is 6.43. The number of benzene rings is 2. The summed E-state index contributed by atoms with van der Waals surface area (Å²) in [6, 6.07) is 5.84. The van der Waals surface area contributed by atoms with Crippen molar-refractivity contribution in [2.45, 2.75) is 6.54 Å². The lowest BCUT2D eigenvalue weighted by Gasteiger charge is -2.08. The van der Waals surface area contributed by atoms with Crippen LogP contribution in [0.1, 0.15) is 15.9 Å². The first-order chi connectivity index (χ1) is 9.88. The SMILES string of the molecule is Nc1cc(C(=O)NCc2ccc(F)cc2F)cc(Cl)c1Cl. The molecule has 3 nitrogen and oxygen atoms in total. The molecule has 0 unspecified atom stereocenters. The van der Waals surface area contributed by atoms with E-state index < -0.39 is 17.5 Å². The van der Waals surface area contributed by atoms with Crippen LogP contribution in [-0.2, 0) is 6.54 Å². The second-order valence-corrected chi connectivity index (χ2v) is 5.06. The molecule has 0 heterocycles. The maximum absolute atomic E-state index is 13.4. The van der Waals surface area contributed by atoms with Crippen LogP contribution in [-0.4, -0.2) is 5.91 Å². The fraction of sp³-hybridized carbons (Fsp3) is 0.0714. The topological polar surface area (TPSA) is 55.1 Å². The van der Waals surface area contributed by atoms with Crippen LogP contribution in [0, 0.1) is 11.6 Å². The van der Waals surface area contributed by atoms with Gasteiger partial charge in [0.1, 0.15) is 11.6 Å². The number of nitrogens with one attached hydrogen (secondary N) is 1. The van der Waals surface area contributed by atoms with Gasteiger partial charge in [0.15, 0.2) is 0 Å². The predicted molar refractivity (Wildman–Crippen MR) is 78.4 cm³/mol. The monoisotopic (exact) mass is 330 g/mol. The van der Waals surface area contributed by atoms with Gasteiger partial charge >= 0.3 is 0 Å². The number of nitrogen functional groups attached to an aromatic ring is 1. The van der Waals surface area contributed by atoms with Gasteiger partial charge in [-0.2, -0.15) is 0 Å². The molecule has 0 spiro atoms. The zero-order valence-corrected chi connectivity index (χ0v) is 12.1. The second-order valence-electron chi connectivity index (χ2n) is 4.28. The van der Waals surface area contributed by atoms with Gasteiger partial charge in [-0.25, -0.2) is 8.78 Å². The summed E-state index contributed by atoms with van der Waals surface area (Å²) in [5.41, 5.74) is 6.14. The lowest BCUT2D eigenvalue weighted by molar-refractivity contribution is 0.0950. The Kier molecular flexibility index (Phi) is 4.65. The molecule has 0 saturated heterocycles. The molecule has 0 aliphatic heterocycles. The Morgan fingerprint density at radius 2 is 1.90 bits per heavy atom. The zero-order valence-electron chi connectivity index (χ0n) is 10.6. The molecule has 0 atom stereocenters. The van der Waals surface area contributed by atoms with Crippen molar-refractivity contribution < 1.29 is 13.6 Å². The van der Waals surface area contributed by atoms with Crippen LogP contribution >= 0.6 is 23.2 Å². The first kappa shape index (κ1) is 15.5. The normalized spacial score (nSPS) is 10.5. The van der Waals surface area contributed by atoms with E-state index in [9.17, 15) is 13.6 Å². The van der Waals surface area contributed by atoms with E-state index in [1.807, 2.05) is 0 Å². The van der Waals surface area contributed by atoms with E-state index in [-0.39, 0.29) is 33.4 Å². The van der Waals surface area contributed by atoms with Gasteiger partial charge in [-0.05, 0) is 18.2 Å². The Morgan fingerprint density at radius 1 is 1.19 bits per heavy atom. The van der Waals surface area contributed by atoms with Crippen molar-refractivity contribution in [3.8, 4) is 0 Å². The molecule has 3 N–H and O–H groups in total. The van der Waals surface area contributed by atoms with Gasteiger partial charge in [-0.1, -0.05) is 29.3 Å². The number of carbonyl (C=O) groups is 1. The van der Waals surface area contributed by atoms with Gasteiger partial charge in [-0.3, -0.25) is 4.79 Å². The lowest BCUT2D eigenvalue weighted by atomic mass is 10.1. The number of hydrogen-bond donors (Lipinski definition) is 2. The zero-order chi connectivity index (χ0) is 15.6. The van der Waals surface area contributed by atoms with E-state index in [1.165, 1.54) is 18.2 Å². The number of amides is 1. The summed E-state index contributed by atoms with van der Waals surface area (Å²) in [6.07, 6.45) is 0. The van der Waals surface area contributed by atoms with Crippen molar-refractivity contribution in [2.75, 3.05) is 5.73 Å². The summed E-state index contributed by atoms with van der Waals surface area (Å²) in [6.45, 7) is -0.0922. The van der Waals surface area contributed by atoms with Crippen molar-refractivity contribution in [2.24, 2.45) is 0 Å². The first-order valence-corrected chi connectivity index (χ1v) is 6.60. The summed E-state index contributed by atoms with van der Waals surface area (Å²) >= 11 is 11.6. The second kappa shape index (κ2) is 6.28. The number of rotatable bonds is 3. The van der Waals surface area contributed by atoms with Gasteiger partial charge in [0.25, 0.3) is 5.91 Å². The molecule has 0 radical (unpaired) electrons. The average molecular weight is 331 g/mol. The van der Waals surface area contributed by atoms with E-state index in [0.717, 1.165) is 12.1 Å². The van der Waals surface area contributed by atoms with E-state index in [4.69, 9.17) is 28.9 Å². The molecule has 0 saturated carbocycles. The smallest absolute Gasteiger partial charge is 0.251 e. The van der Waals surface area contributed by atoms with Crippen molar-refractivity contribution >= 4 is 34.8 Å². The molecule has 1 amide bonds. The highest BCUT2D eigenvalue weighted by Gasteiger charge is 2.12. The minimum Gasteiger partial charge on any atom is -0.397 e. The minimum absolute atomic E-state index is 0.0922. The number of halogens is 4. The van der Waals surface area contributed by atoms with E-state index in [2.05, 4.69) is 5.32 Å². The number of nitrogens with two attached hydrogens (primary N) is 1. The molecule has 0 aliphatic carbocycles. The molecule has 0 aliphatic rings. The summed E-state index contributed by atoms with van der Waals surface area (Å²) in [5, 5.41) is 2.80. The van der Waals surface area contributed by atoms with Gasteiger partial charge in [0.05, 0.1) is 15.7 Å². The molecule has 0 bridgehead atoms. The number of anilines is 1. The van der Waals surface area contributed by atoms with Crippen molar-refractivity contribution in [1.29, 1.82) is 0 Å². The van der Waals surface area contributed by atoms with Crippen LogP contribution in [0.4, 0.5) is 14.5 Å². The van der Waals surface area contributed by atoms with Crippen LogP contribution in [0.25, 0.3) is 0 Å². The maximum Gasteiger partial charge on any atom is 0.251 e. The molecule has 0 fully saturated rings. The predicted octanol–water partition coefficient (Wildman–Crippen LogP) is 3.78. The Morgan fingerprint density at radius 3 is 2.52 bits per heavy atom. The molecule has 0 aromatic heterocycles. The molecule has 7 heteroatoms. The summed E-state index contributed by atoms with van der Waals surface area (Å²) in [7, 11) is 0. The van der Waals surface area contributed by atoms with Gasteiger partial charge in [-0.15, -0.1) is 0 Å². The Balaban J connectivity index is 2.12. The van der Waals surface area contributed by atoms with E-state index in [1.54, 1.807) is 0 Å². The van der Waals surface area contributed by atoms with Crippen LogP contribution in [0.2, 0.25) is 10.0 Å². The molecule has 21 heavy (non-hydrogen) atoms. The van der Waals surface area contributed by atoms with Crippen molar-refractivity contribution in [3.05, 3.63) is 63.1 Å². The highest BCUT2D eigenvalue weighted by atomic mass is 35.5.